The van der Waals surface area contributed by atoms with Gasteiger partial charge in [-0.15, -0.1) is 0 Å². The first-order valence-electron chi connectivity index (χ1n) is 6.37. The van der Waals surface area contributed by atoms with Crippen molar-refractivity contribution in [3.05, 3.63) is 59.2 Å². The van der Waals surface area contributed by atoms with Gasteiger partial charge in [0, 0.05) is 0 Å². The maximum Gasteiger partial charge on any atom is 0.325 e. The van der Waals surface area contributed by atoms with Crippen molar-refractivity contribution in [2.24, 2.45) is 0 Å². The van der Waals surface area contributed by atoms with Crippen LogP contribution in [0.1, 0.15) is 18.2 Å². The van der Waals surface area contributed by atoms with Gasteiger partial charge in [-0.1, -0.05) is 12.1 Å². The average Bonchev–Trinajstić information content (AvgIpc) is 2.95. The van der Waals surface area contributed by atoms with Gasteiger partial charge in [-0.25, -0.2) is 14.2 Å². The summed E-state index contributed by atoms with van der Waals surface area (Å²) in [6.45, 7) is 8.18. The molecule has 0 saturated carbocycles. The molecule has 2 rings (SSSR count). The number of methoxy groups -OCH3 is 1. The van der Waals surface area contributed by atoms with Crippen LogP contribution in [-0.2, 0) is 21.7 Å². The number of hydrogen-bond donors (Lipinski definition) is 1. The Morgan fingerprint density at radius 3 is 2.91 bits per heavy atom. The van der Waals surface area contributed by atoms with E-state index in [9.17, 15) is 14.3 Å². The lowest BCUT2D eigenvalue weighted by molar-refractivity contribution is -0.141. The topological polar surface area (TPSA) is 68.7 Å². The summed E-state index contributed by atoms with van der Waals surface area (Å²) in [6.07, 6.45) is 2.77. The van der Waals surface area contributed by atoms with Crippen LogP contribution >= 0.6 is 0 Å². The molecular formula is C15H14FN3O3. The monoisotopic (exact) mass is 303 g/mol. The molecule has 1 atom stereocenters. The van der Waals surface area contributed by atoms with Gasteiger partial charge in [0.2, 0.25) is 5.69 Å². The first kappa shape index (κ1) is 15.7. The summed E-state index contributed by atoms with van der Waals surface area (Å²) < 4.78 is 19.8. The normalized spacial score (nSPS) is 13.2. The van der Waals surface area contributed by atoms with Gasteiger partial charge in [-0.05, 0) is 18.6 Å². The molecule has 7 heteroatoms. The Balaban J connectivity index is 2.43. The molecule has 0 aliphatic heterocycles. The molecule has 1 N–H and O–H groups in total. The Hall–Kier alpha value is -2.72. The lowest BCUT2D eigenvalue weighted by Crippen LogP contribution is -2.28. The van der Waals surface area contributed by atoms with Crippen LogP contribution in [-0.4, -0.2) is 27.7 Å². The number of rotatable bonds is 4. The number of imidazole rings is 1. The Morgan fingerprint density at radius 1 is 1.59 bits per heavy atom. The van der Waals surface area contributed by atoms with Gasteiger partial charge in [0.05, 0.1) is 31.9 Å². The van der Waals surface area contributed by atoms with E-state index < -0.39 is 17.4 Å². The lowest BCUT2D eigenvalue weighted by atomic mass is 9.92. The summed E-state index contributed by atoms with van der Waals surface area (Å²) in [6, 6.07) is 3.86. The maximum absolute atomic E-state index is 13.8. The van der Waals surface area contributed by atoms with Gasteiger partial charge in [0.25, 0.3) is 0 Å². The molecule has 0 fully saturated rings. The molecule has 0 spiro atoms. The number of halogens is 1. The molecule has 22 heavy (non-hydrogen) atoms. The van der Waals surface area contributed by atoms with E-state index in [4.69, 9.17) is 6.57 Å². The van der Waals surface area contributed by atoms with Gasteiger partial charge in [-0.2, -0.15) is 0 Å². The summed E-state index contributed by atoms with van der Waals surface area (Å²) in [7, 11) is 1.26. The highest BCUT2D eigenvalue weighted by molar-refractivity contribution is 5.69. The van der Waals surface area contributed by atoms with Gasteiger partial charge in [0.1, 0.15) is 18.0 Å². The number of aromatic nitrogens is 2. The second-order valence-corrected chi connectivity index (χ2v) is 4.83. The van der Waals surface area contributed by atoms with E-state index in [0.29, 0.717) is 5.69 Å². The van der Waals surface area contributed by atoms with E-state index >= 15 is 0 Å². The fraction of sp³-hybridized carbons (Fsp3) is 0.267. The highest BCUT2D eigenvalue weighted by Gasteiger charge is 2.30. The van der Waals surface area contributed by atoms with E-state index in [-0.39, 0.29) is 17.8 Å². The first-order chi connectivity index (χ1) is 10.4. The summed E-state index contributed by atoms with van der Waals surface area (Å²) in [5, 5.41) is 10.7. The second kappa shape index (κ2) is 5.95. The number of benzene rings is 1. The number of carbonyl (C=O) groups is 1. The predicted octanol–water partition coefficient (Wildman–Crippen LogP) is 2.00. The van der Waals surface area contributed by atoms with Crippen LogP contribution in [0.25, 0.3) is 4.85 Å². The standard InChI is InChI=1S/C15H14FN3O3/c1-15(21,10-4-5-12(17-2)11(16)6-10)13-7-18-9-19(13)8-14(20)22-3/h4-7,9,21H,8H2,1,3H3. The molecule has 1 heterocycles. The second-order valence-electron chi connectivity index (χ2n) is 4.83. The van der Waals surface area contributed by atoms with Crippen LogP contribution < -0.4 is 0 Å². The molecule has 1 unspecified atom stereocenters. The zero-order valence-corrected chi connectivity index (χ0v) is 12.1. The molecule has 1 aromatic carbocycles. The van der Waals surface area contributed by atoms with Crippen molar-refractivity contribution in [2.45, 2.75) is 19.1 Å². The Bertz CT molecular complexity index is 747. The van der Waals surface area contributed by atoms with Gasteiger partial charge in [-0.3, -0.25) is 4.79 Å². The van der Waals surface area contributed by atoms with Crippen LogP contribution in [0.15, 0.2) is 30.7 Å². The number of esters is 1. The van der Waals surface area contributed by atoms with E-state index in [1.54, 1.807) is 0 Å². The minimum Gasteiger partial charge on any atom is -0.468 e. The smallest absolute Gasteiger partial charge is 0.325 e. The first-order valence-corrected chi connectivity index (χ1v) is 6.37. The highest BCUT2D eigenvalue weighted by Crippen LogP contribution is 2.31. The SMILES string of the molecule is [C-]#[N+]c1ccc(C(C)(O)c2cncn2CC(=O)OC)cc1F. The van der Waals surface area contributed by atoms with Gasteiger partial charge in [0.15, 0.2) is 0 Å². The molecule has 0 amide bonds. The third-order valence-electron chi connectivity index (χ3n) is 3.37. The van der Waals surface area contributed by atoms with Gasteiger partial charge < -0.3 is 14.4 Å². The Kier molecular flexibility index (Phi) is 4.24. The maximum atomic E-state index is 13.8. The van der Waals surface area contributed by atoms with Crippen molar-refractivity contribution < 1.29 is 19.0 Å². The molecule has 0 saturated heterocycles. The van der Waals surface area contributed by atoms with Crippen molar-refractivity contribution in [1.82, 2.24) is 9.55 Å². The molecule has 6 nitrogen and oxygen atoms in total. The van der Waals surface area contributed by atoms with E-state index in [0.717, 1.165) is 6.07 Å². The fourth-order valence-corrected chi connectivity index (χ4v) is 2.10. The van der Waals surface area contributed by atoms with Crippen molar-refractivity contribution >= 4 is 11.7 Å². The van der Waals surface area contributed by atoms with E-state index in [1.165, 1.54) is 43.3 Å². The largest absolute Gasteiger partial charge is 0.468 e. The summed E-state index contributed by atoms with van der Waals surface area (Å²) in [5.74, 6) is -1.21. The summed E-state index contributed by atoms with van der Waals surface area (Å²) in [4.78, 5) is 18.3. The number of nitrogens with zero attached hydrogens (tertiary/aromatic N) is 3. The molecule has 2 aromatic rings. The average molecular weight is 303 g/mol. The van der Waals surface area contributed by atoms with Crippen molar-refractivity contribution in [3.8, 4) is 0 Å². The Morgan fingerprint density at radius 2 is 2.32 bits per heavy atom. The molecule has 0 radical (unpaired) electrons. The zero-order chi connectivity index (χ0) is 16.3. The van der Waals surface area contributed by atoms with Crippen LogP contribution in [0.4, 0.5) is 10.1 Å². The molecule has 0 aliphatic carbocycles. The number of hydrogen-bond acceptors (Lipinski definition) is 4. The van der Waals surface area contributed by atoms with E-state index in [2.05, 4.69) is 14.6 Å². The Labute approximate surface area is 126 Å². The third-order valence-corrected chi connectivity index (χ3v) is 3.37. The number of ether oxygens (including phenoxy) is 1. The van der Waals surface area contributed by atoms with Gasteiger partial charge >= 0.3 is 5.97 Å². The number of carbonyl (C=O) groups excluding carboxylic acids is 1. The predicted molar refractivity (Wildman–Crippen MR) is 75.6 cm³/mol. The molecule has 0 aliphatic rings. The molecule has 0 bridgehead atoms. The van der Waals surface area contributed by atoms with Crippen LogP contribution in [0.3, 0.4) is 0 Å². The summed E-state index contributed by atoms with van der Waals surface area (Å²) in [5.41, 5.74) is -1.13. The summed E-state index contributed by atoms with van der Waals surface area (Å²) >= 11 is 0. The van der Waals surface area contributed by atoms with Crippen molar-refractivity contribution in [1.29, 1.82) is 0 Å². The van der Waals surface area contributed by atoms with E-state index in [1.807, 2.05) is 0 Å². The minimum absolute atomic E-state index is 0.120. The minimum atomic E-state index is -1.58. The van der Waals surface area contributed by atoms with Crippen LogP contribution in [0.2, 0.25) is 0 Å². The quantitative estimate of drug-likeness (QED) is 0.693. The third kappa shape index (κ3) is 2.82. The van der Waals surface area contributed by atoms with Crippen molar-refractivity contribution in [2.75, 3.05) is 7.11 Å². The van der Waals surface area contributed by atoms with Crippen LogP contribution in [0, 0.1) is 12.4 Å². The van der Waals surface area contributed by atoms with Crippen molar-refractivity contribution in [3.63, 3.8) is 0 Å². The zero-order valence-electron chi connectivity index (χ0n) is 12.1. The highest BCUT2D eigenvalue weighted by atomic mass is 19.1. The fourth-order valence-electron chi connectivity index (χ4n) is 2.10. The molecule has 114 valence electrons. The molecular weight excluding hydrogens is 289 g/mol. The number of aliphatic hydroxyl groups is 1. The lowest BCUT2D eigenvalue weighted by Gasteiger charge is -2.25. The molecule has 1 aromatic heterocycles. The van der Waals surface area contributed by atoms with Crippen LogP contribution in [0.5, 0.6) is 0 Å².